The third-order valence-corrected chi connectivity index (χ3v) is 2.99. The summed E-state index contributed by atoms with van der Waals surface area (Å²) < 4.78 is 5.06. The van der Waals surface area contributed by atoms with E-state index in [-0.39, 0.29) is 17.8 Å². The molecule has 2 heterocycles. The van der Waals surface area contributed by atoms with Gasteiger partial charge in [-0.15, -0.1) is 0 Å². The van der Waals surface area contributed by atoms with Crippen molar-refractivity contribution in [2.45, 2.75) is 13.3 Å². The second-order valence-corrected chi connectivity index (χ2v) is 4.31. The van der Waals surface area contributed by atoms with Crippen LogP contribution in [0.4, 0.5) is 11.9 Å². The normalized spacial score (nSPS) is 18.4. The molecular formula is C11H18N6O2. The van der Waals surface area contributed by atoms with Gasteiger partial charge in [-0.2, -0.15) is 15.0 Å². The first-order chi connectivity index (χ1) is 9.13. The second-order valence-electron chi connectivity index (χ2n) is 4.31. The maximum absolute atomic E-state index is 11.2. The highest BCUT2D eigenvalue weighted by molar-refractivity contribution is 5.78. The van der Waals surface area contributed by atoms with Gasteiger partial charge in [-0.05, 0) is 13.3 Å². The SMILES string of the molecule is CCNc1nc(OC)nc(N2CCC(C(N)=O)C2)n1. The van der Waals surface area contributed by atoms with E-state index in [1.54, 1.807) is 0 Å². The highest BCUT2D eigenvalue weighted by atomic mass is 16.5. The zero-order chi connectivity index (χ0) is 13.8. The number of rotatable bonds is 5. The molecule has 1 aromatic heterocycles. The molecule has 0 saturated carbocycles. The zero-order valence-electron chi connectivity index (χ0n) is 11.1. The molecule has 19 heavy (non-hydrogen) atoms. The average Bonchev–Trinajstić information content (AvgIpc) is 2.88. The number of carbonyl (C=O) groups excluding carboxylic acids is 1. The molecule has 1 saturated heterocycles. The Bertz CT molecular complexity index is 466. The molecule has 104 valence electrons. The third-order valence-electron chi connectivity index (χ3n) is 2.99. The lowest BCUT2D eigenvalue weighted by Gasteiger charge is -2.16. The third kappa shape index (κ3) is 3.01. The highest BCUT2D eigenvalue weighted by Crippen LogP contribution is 2.22. The fraction of sp³-hybridized carbons (Fsp3) is 0.636. The number of methoxy groups -OCH3 is 1. The van der Waals surface area contributed by atoms with E-state index in [1.165, 1.54) is 7.11 Å². The molecule has 1 aliphatic rings. The van der Waals surface area contributed by atoms with E-state index in [4.69, 9.17) is 10.5 Å². The van der Waals surface area contributed by atoms with Gasteiger partial charge < -0.3 is 20.7 Å². The van der Waals surface area contributed by atoms with Crippen LogP contribution in [-0.2, 0) is 4.79 Å². The zero-order valence-corrected chi connectivity index (χ0v) is 11.1. The number of aromatic nitrogens is 3. The summed E-state index contributed by atoms with van der Waals surface area (Å²) in [6.07, 6.45) is 0.722. The minimum atomic E-state index is -0.282. The first kappa shape index (κ1) is 13.3. The molecular weight excluding hydrogens is 248 g/mol. The lowest BCUT2D eigenvalue weighted by Crippen LogP contribution is -2.28. The number of primary amides is 1. The van der Waals surface area contributed by atoms with E-state index in [0.717, 1.165) is 6.42 Å². The Hall–Kier alpha value is -2.12. The molecule has 0 aliphatic carbocycles. The fourth-order valence-electron chi connectivity index (χ4n) is 1.99. The predicted molar refractivity (Wildman–Crippen MR) is 70.1 cm³/mol. The monoisotopic (exact) mass is 266 g/mol. The van der Waals surface area contributed by atoms with Crippen LogP contribution in [0.2, 0.25) is 0 Å². The topological polar surface area (TPSA) is 106 Å². The lowest BCUT2D eigenvalue weighted by atomic mass is 10.1. The first-order valence-electron chi connectivity index (χ1n) is 6.22. The highest BCUT2D eigenvalue weighted by Gasteiger charge is 2.28. The molecule has 1 aliphatic heterocycles. The van der Waals surface area contributed by atoms with E-state index >= 15 is 0 Å². The smallest absolute Gasteiger partial charge is 0.322 e. The Kier molecular flexibility index (Phi) is 3.98. The van der Waals surface area contributed by atoms with Crippen molar-refractivity contribution in [2.24, 2.45) is 11.7 Å². The number of hydrogen-bond donors (Lipinski definition) is 2. The standard InChI is InChI=1S/C11H18N6O2/c1-3-13-9-14-10(16-11(15-9)19-2)17-5-4-7(6-17)8(12)18/h7H,3-6H2,1-2H3,(H2,12,18)(H,13,14,15,16). The number of amides is 1. The van der Waals surface area contributed by atoms with Crippen LogP contribution in [0.1, 0.15) is 13.3 Å². The van der Waals surface area contributed by atoms with Crippen LogP contribution in [0.5, 0.6) is 6.01 Å². The number of hydrogen-bond acceptors (Lipinski definition) is 7. The summed E-state index contributed by atoms with van der Waals surface area (Å²) in [4.78, 5) is 25.7. The van der Waals surface area contributed by atoms with Crippen LogP contribution < -0.4 is 20.7 Å². The van der Waals surface area contributed by atoms with Crippen LogP contribution in [0.25, 0.3) is 0 Å². The molecule has 8 nitrogen and oxygen atoms in total. The summed E-state index contributed by atoms with van der Waals surface area (Å²) in [5.74, 6) is 0.541. The van der Waals surface area contributed by atoms with Crippen LogP contribution in [0.3, 0.4) is 0 Å². The van der Waals surface area contributed by atoms with E-state index in [2.05, 4.69) is 20.3 Å². The van der Waals surface area contributed by atoms with Gasteiger partial charge in [0, 0.05) is 19.6 Å². The Morgan fingerprint density at radius 3 is 2.89 bits per heavy atom. The molecule has 1 amide bonds. The maximum Gasteiger partial charge on any atom is 0.322 e. The van der Waals surface area contributed by atoms with E-state index in [0.29, 0.717) is 31.5 Å². The molecule has 2 rings (SSSR count). The van der Waals surface area contributed by atoms with Crippen molar-refractivity contribution in [3.05, 3.63) is 0 Å². The van der Waals surface area contributed by atoms with Crippen molar-refractivity contribution in [1.29, 1.82) is 0 Å². The largest absolute Gasteiger partial charge is 0.467 e. The Labute approximate surface area is 111 Å². The van der Waals surface area contributed by atoms with Crippen molar-refractivity contribution < 1.29 is 9.53 Å². The molecule has 8 heteroatoms. The molecule has 0 radical (unpaired) electrons. The molecule has 0 bridgehead atoms. The lowest BCUT2D eigenvalue weighted by molar-refractivity contribution is -0.121. The summed E-state index contributed by atoms with van der Waals surface area (Å²) in [5.41, 5.74) is 5.32. The minimum absolute atomic E-state index is 0.148. The van der Waals surface area contributed by atoms with Crippen LogP contribution in [0, 0.1) is 5.92 Å². The number of nitrogens with zero attached hydrogens (tertiary/aromatic N) is 4. The Balaban J connectivity index is 2.19. The molecule has 1 fully saturated rings. The van der Waals surface area contributed by atoms with Gasteiger partial charge in [-0.1, -0.05) is 0 Å². The number of anilines is 2. The average molecular weight is 266 g/mol. The maximum atomic E-state index is 11.2. The molecule has 1 unspecified atom stereocenters. The summed E-state index contributed by atoms with van der Waals surface area (Å²) in [6, 6.07) is 0.253. The van der Waals surface area contributed by atoms with Crippen molar-refractivity contribution in [3.8, 4) is 6.01 Å². The van der Waals surface area contributed by atoms with E-state index in [9.17, 15) is 4.79 Å². The number of ether oxygens (including phenoxy) is 1. The second kappa shape index (κ2) is 5.68. The van der Waals surface area contributed by atoms with Gasteiger partial charge in [0.2, 0.25) is 17.8 Å². The van der Waals surface area contributed by atoms with Gasteiger partial charge in [0.1, 0.15) is 0 Å². The molecule has 0 aromatic carbocycles. The molecule has 1 aromatic rings. The van der Waals surface area contributed by atoms with Crippen LogP contribution >= 0.6 is 0 Å². The van der Waals surface area contributed by atoms with Gasteiger partial charge in [-0.25, -0.2) is 0 Å². The van der Waals surface area contributed by atoms with Gasteiger partial charge in [0.25, 0.3) is 0 Å². The summed E-state index contributed by atoms with van der Waals surface area (Å²) >= 11 is 0. The minimum Gasteiger partial charge on any atom is -0.467 e. The Morgan fingerprint density at radius 1 is 1.53 bits per heavy atom. The van der Waals surface area contributed by atoms with Gasteiger partial charge in [-0.3, -0.25) is 4.79 Å². The van der Waals surface area contributed by atoms with Gasteiger partial charge >= 0.3 is 6.01 Å². The molecule has 0 spiro atoms. The van der Waals surface area contributed by atoms with E-state index < -0.39 is 0 Å². The van der Waals surface area contributed by atoms with Gasteiger partial charge in [0.05, 0.1) is 13.0 Å². The number of nitrogens with one attached hydrogen (secondary N) is 1. The summed E-state index contributed by atoms with van der Waals surface area (Å²) in [5, 5.41) is 3.02. The molecule has 3 N–H and O–H groups in total. The Morgan fingerprint density at radius 2 is 2.32 bits per heavy atom. The van der Waals surface area contributed by atoms with Crippen LogP contribution in [0.15, 0.2) is 0 Å². The van der Waals surface area contributed by atoms with Crippen molar-refractivity contribution in [2.75, 3.05) is 37.0 Å². The van der Waals surface area contributed by atoms with Crippen LogP contribution in [-0.4, -0.2) is 47.6 Å². The van der Waals surface area contributed by atoms with Gasteiger partial charge in [0.15, 0.2) is 0 Å². The first-order valence-corrected chi connectivity index (χ1v) is 6.22. The summed E-state index contributed by atoms with van der Waals surface area (Å²) in [7, 11) is 1.50. The van der Waals surface area contributed by atoms with Crippen molar-refractivity contribution >= 4 is 17.8 Å². The van der Waals surface area contributed by atoms with Crippen molar-refractivity contribution in [1.82, 2.24) is 15.0 Å². The number of carbonyl (C=O) groups is 1. The quantitative estimate of drug-likeness (QED) is 0.748. The van der Waals surface area contributed by atoms with Crippen molar-refractivity contribution in [3.63, 3.8) is 0 Å². The predicted octanol–water partition coefficient (Wildman–Crippen LogP) is -0.376. The fourth-order valence-corrected chi connectivity index (χ4v) is 1.99. The van der Waals surface area contributed by atoms with E-state index in [1.807, 2.05) is 11.8 Å². The summed E-state index contributed by atoms with van der Waals surface area (Å²) in [6.45, 7) is 3.89. The number of nitrogens with two attached hydrogens (primary N) is 1. The molecule has 1 atom stereocenters.